The summed E-state index contributed by atoms with van der Waals surface area (Å²) in [6.07, 6.45) is -0.273. The van der Waals surface area contributed by atoms with Crippen LogP contribution in [0.5, 0.6) is 0 Å². The summed E-state index contributed by atoms with van der Waals surface area (Å²) >= 11 is 0. The molecule has 0 bridgehead atoms. The minimum Gasteiger partial charge on any atom is -0.481 e. The molecule has 0 spiro atoms. The highest BCUT2D eigenvalue weighted by Crippen LogP contribution is 2.57. The third-order valence-electron chi connectivity index (χ3n) is 7.29. The number of carbonyl (C=O) groups is 2. The largest absolute Gasteiger partial charge is 0.481 e. The lowest BCUT2D eigenvalue weighted by molar-refractivity contribution is -0.210. The molecule has 5 nitrogen and oxygen atoms in total. The standard InChI is InChI=1S/C25H25F2NO4/c26-25(27)14-24(15-25,22(29)30)21-11-5-6-12-28(21)23(31)32-13-20-18-9-3-1-7-16(18)17-8-2-4-10-19(17)20/h1-4,7-10,20-21H,5-6,11-15H2,(H,29,30). The van der Waals surface area contributed by atoms with Gasteiger partial charge in [0.15, 0.2) is 0 Å². The summed E-state index contributed by atoms with van der Waals surface area (Å²) in [6, 6.07) is 15.2. The van der Waals surface area contributed by atoms with Crippen molar-refractivity contribution in [1.82, 2.24) is 4.90 Å². The monoisotopic (exact) mass is 441 g/mol. The van der Waals surface area contributed by atoms with Crippen molar-refractivity contribution in [2.45, 2.75) is 50.0 Å². The normalized spacial score (nSPS) is 23.1. The summed E-state index contributed by atoms with van der Waals surface area (Å²) in [4.78, 5) is 26.5. The van der Waals surface area contributed by atoms with Crippen LogP contribution in [-0.4, -0.2) is 47.2 Å². The Hall–Kier alpha value is -2.96. The van der Waals surface area contributed by atoms with Gasteiger partial charge in [-0.15, -0.1) is 0 Å². The average molecular weight is 441 g/mol. The van der Waals surface area contributed by atoms with Crippen LogP contribution in [0, 0.1) is 5.41 Å². The Morgan fingerprint density at radius 3 is 2.16 bits per heavy atom. The zero-order valence-electron chi connectivity index (χ0n) is 17.6. The number of carboxylic acid groups (broad SMARTS) is 1. The molecule has 1 saturated heterocycles. The number of carboxylic acids is 1. The quantitative estimate of drug-likeness (QED) is 0.700. The smallest absolute Gasteiger partial charge is 0.410 e. The Labute approximate surface area is 185 Å². The fourth-order valence-corrected chi connectivity index (χ4v) is 5.80. The third-order valence-corrected chi connectivity index (χ3v) is 7.29. The van der Waals surface area contributed by atoms with E-state index in [1.807, 2.05) is 48.5 Å². The van der Waals surface area contributed by atoms with Gasteiger partial charge >= 0.3 is 12.1 Å². The summed E-state index contributed by atoms with van der Waals surface area (Å²) in [5, 5.41) is 9.78. The molecule has 2 aromatic rings. The lowest BCUT2D eigenvalue weighted by atomic mass is 9.59. The molecule has 0 aromatic heterocycles. The molecule has 168 valence electrons. The summed E-state index contributed by atoms with van der Waals surface area (Å²) in [7, 11) is 0. The van der Waals surface area contributed by atoms with Crippen molar-refractivity contribution in [2.75, 3.05) is 13.2 Å². The highest BCUT2D eigenvalue weighted by Gasteiger charge is 2.66. The van der Waals surface area contributed by atoms with E-state index in [9.17, 15) is 23.5 Å². The molecule has 2 fully saturated rings. The molecule has 1 unspecified atom stereocenters. The number of hydrogen-bond acceptors (Lipinski definition) is 3. The van der Waals surface area contributed by atoms with Crippen molar-refractivity contribution >= 4 is 12.1 Å². The van der Waals surface area contributed by atoms with Crippen LogP contribution >= 0.6 is 0 Å². The van der Waals surface area contributed by atoms with E-state index in [1.165, 1.54) is 4.90 Å². The Morgan fingerprint density at radius 1 is 1.00 bits per heavy atom. The van der Waals surface area contributed by atoms with Crippen LogP contribution in [0.4, 0.5) is 13.6 Å². The second-order valence-electron chi connectivity index (χ2n) is 9.18. The van der Waals surface area contributed by atoms with Crippen LogP contribution in [0.15, 0.2) is 48.5 Å². The van der Waals surface area contributed by atoms with Gasteiger partial charge in [-0.3, -0.25) is 4.79 Å². The summed E-state index contributed by atoms with van der Waals surface area (Å²) in [5.74, 6) is -4.37. The highest BCUT2D eigenvalue weighted by atomic mass is 19.3. The molecule has 7 heteroatoms. The molecular formula is C25H25F2NO4. The predicted octanol–water partition coefficient (Wildman–Crippen LogP) is 5.29. The highest BCUT2D eigenvalue weighted by molar-refractivity contribution is 5.80. The van der Waals surface area contributed by atoms with E-state index in [0.29, 0.717) is 25.8 Å². The van der Waals surface area contributed by atoms with Crippen molar-refractivity contribution in [3.05, 3.63) is 59.7 Å². The molecule has 3 aliphatic rings. The van der Waals surface area contributed by atoms with Crippen molar-refractivity contribution in [1.29, 1.82) is 0 Å². The van der Waals surface area contributed by atoms with E-state index in [0.717, 1.165) is 22.3 Å². The Balaban J connectivity index is 1.35. The first-order chi connectivity index (χ1) is 15.3. The van der Waals surface area contributed by atoms with Crippen molar-refractivity contribution < 1.29 is 28.2 Å². The molecule has 2 aliphatic carbocycles. The second kappa shape index (κ2) is 7.57. The maximum Gasteiger partial charge on any atom is 0.410 e. The average Bonchev–Trinajstić information content (AvgIpc) is 3.09. The van der Waals surface area contributed by atoms with Crippen molar-refractivity contribution in [3.8, 4) is 11.1 Å². The van der Waals surface area contributed by atoms with Crippen LogP contribution in [0.25, 0.3) is 11.1 Å². The summed E-state index contributed by atoms with van der Waals surface area (Å²) in [5.41, 5.74) is 2.79. The molecule has 1 heterocycles. The van der Waals surface area contributed by atoms with E-state index in [1.54, 1.807) is 0 Å². The predicted molar refractivity (Wildman–Crippen MR) is 114 cm³/mol. The number of ether oxygens (including phenoxy) is 1. The number of alkyl halides is 2. The van der Waals surface area contributed by atoms with Gasteiger partial charge in [-0.2, -0.15) is 0 Å². The van der Waals surface area contributed by atoms with Gasteiger partial charge in [0.1, 0.15) is 6.61 Å². The van der Waals surface area contributed by atoms with Crippen LogP contribution < -0.4 is 0 Å². The Morgan fingerprint density at radius 2 is 1.59 bits per heavy atom. The van der Waals surface area contributed by atoms with Gasteiger partial charge in [0.2, 0.25) is 0 Å². The number of hydrogen-bond donors (Lipinski definition) is 1. The van der Waals surface area contributed by atoms with Crippen molar-refractivity contribution in [2.24, 2.45) is 5.41 Å². The molecule has 1 N–H and O–H groups in total. The first-order valence-corrected chi connectivity index (χ1v) is 11.1. The SMILES string of the molecule is O=C(OCC1c2ccccc2-c2ccccc21)N1CCCCC1C1(C(=O)O)CC(F)(F)C1. The van der Waals surface area contributed by atoms with Crippen LogP contribution in [0.3, 0.4) is 0 Å². The first kappa shape index (κ1) is 20.9. The number of aliphatic carboxylic acids is 1. The molecule has 1 atom stereocenters. The van der Waals surface area contributed by atoms with E-state index in [4.69, 9.17) is 4.74 Å². The third kappa shape index (κ3) is 3.26. The lowest BCUT2D eigenvalue weighted by Crippen LogP contribution is -2.64. The second-order valence-corrected chi connectivity index (χ2v) is 9.18. The molecule has 5 rings (SSSR count). The van der Waals surface area contributed by atoms with E-state index in [-0.39, 0.29) is 12.5 Å². The Kier molecular flexibility index (Phi) is 4.95. The van der Waals surface area contributed by atoms with Crippen molar-refractivity contribution in [3.63, 3.8) is 0 Å². The van der Waals surface area contributed by atoms with Crippen LogP contribution in [0.2, 0.25) is 0 Å². The van der Waals surface area contributed by atoms with Gasteiger partial charge < -0.3 is 14.7 Å². The van der Waals surface area contributed by atoms with Gasteiger partial charge in [0.25, 0.3) is 5.92 Å². The van der Waals surface area contributed by atoms with Gasteiger partial charge in [-0.05, 0) is 41.5 Å². The number of piperidine rings is 1. The van der Waals surface area contributed by atoms with E-state index < -0.39 is 42.3 Å². The van der Waals surface area contributed by atoms with Crippen LogP contribution in [0.1, 0.15) is 49.1 Å². The minimum absolute atomic E-state index is 0.115. The fourth-order valence-electron chi connectivity index (χ4n) is 5.80. The number of benzene rings is 2. The molecule has 2 aromatic carbocycles. The number of carbonyl (C=O) groups excluding carboxylic acids is 1. The molecule has 1 amide bonds. The van der Waals surface area contributed by atoms with E-state index in [2.05, 4.69) is 0 Å². The molecule has 0 radical (unpaired) electrons. The maximum absolute atomic E-state index is 13.7. The van der Waals surface area contributed by atoms with Crippen LogP contribution in [-0.2, 0) is 9.53 Å². The Bertz CT molecular complexity index is 1020. The number of amides is 1. The number of likely N-dealkylation sites (tertiary alicyclic amines) is 1. The van der Waals surface area contributed by atoms with Gasteiger partial charge in [0, 0.05) is 25.3 Å². The fraction of sp³-hybridized carbons (Fsp3) is 0.440. The maximum atomic E-state index is 13.7. The van der Waals surface area contributed by atoms with Gasteiger partial charge in [-0.25, -0.2) is 13.6 Å². The summed E-state index contributed by atoms with van der Waals surface area (Å²) in [6.45, 7) is 0.439. The zero-order chi connectivity index (χ0) is 22.5. The number of rotatable bonds is 4. The van der Waals surface area contributed by atoms with Gasteiger partial charge in [0.05, 0.1) is 11.5 Å². The summed E-state index contributed by atoms with van der Waals surface area (Å²) < 4.78 is 33.1. The molecular weight excluding hydrogens is 416 g/mol. The number of fused-ring (bicyclic) bond motifs is 3. The minimum atomic E-state index is -3.00. The van der Waals surface area contributed by atoms with Gasteiger partial charge in [-0.1, -0.05) is 48.5 Å². The zero-order valence-corrected chi connectivity index (χ0v) is 17.6. The topological polar surface area (TPSA) is 66.8 Å². The lowest BCUT2D eigenvalue weighted by Gasteiger charge is -2.52. The number of halogens is 2. The first-order valence-electron chi connectivity index (χ1n) is 11.1. The molecule has 1 aliphatic heterocycles. The number of nitrogens with zero attached hydrogens (tertiary/aromatic N) is 1. The van der Waals surface area contributed by atoms with E-state index >= 15 is 0 Å². The molecule has 1 saturated carbocycles. The molecule has 32 heavy (non-hydrogen) atoms.